The Balaban J connectivity index is 2.39. The van der Waals surface area contributed by atoms with Crippen LogP contribution in [0.15, 0.2) is 59.9 Å². The molecule has 114 valence electrons. The van der Waals surface area contributed by atoms with Gasteiger partial charge in [0, 0.05) is 24.2 Å². The lowest BCUT2D eigenvalue weighted by Crippen LogP contribution is -2.47. The Morgan fingerprint density at radius 3 is 2.32 bits per heavy atom. The molecule has 1 atom stereocenters. The molecule has 0 bridgehead atoms. The Labute approximate surface area is 137 Å². The van der Waals surface area contributed by atoms with Gasteiger partial charge in [0.25, 0.3) is 0 Å². The second kappa shape index (κ2) is 7.80. The van der Waals surface area contributed by atoms with Gasteiger partial charge in [0.2, 0.25) is 11.8 Å². The lowest BCUT2D eigenvalue weighted by molar-refractivity contribution is -0.691. The van der Waals surface area contributed by atoms with Gasteiger partial charge in [-0.1, -0.05) is 37.3 Å². The third-order valence-corrected chi connectivity index (χ3v) is 3.83. The van der Waals surface area contributed by atoms with Gasteiger partial charge < -0.3 is 17.6 Å². The summed E-state index contributed by atoms with van der Waals surface area (Å²) >= 11 is 5.37. The Kier molecular flexibility index (Phi) is 5.78. The lowest BCUT2D eigenvalue weighted by atomic mass is 10.0. The number of carbonyl (C=O) groups is 1. The van der Waals surface area contributed by atoms with Crippen LogP contribution in [0.5, 0.6) is 0 Å². The van der Waals surface area contributed by atoms with Crippen LogP contribution in [-0.4, -0.2) is 17.4 Å². The van der Waals surface area contributed by atoms with Crippen LogP contribution < -0.4 is 4.57 Å². The van der Waals surface area contributed by atoms with Gasteiger partial charge in [0.1, 0.15) is 0 Å². The van der Waals surface area contributed by atoms with Crippen LogP contribution in [0, 0.1) is 0 Å². The zero-order chi connectivity index (χ0) is 15.9. The summed E-state index contributed by atoms with van der Waals surface area (Å²) in [7, 11) is 0. The van der Waals surface area contributed by atoms with Gasteiger partial charge in [-0.05, 0) is 24.0 Å². The third-order valence-electron chi connectivity index (χ3n) is 3.48. The first-order valence-corrected chi connectivity index (χ1v) is 7.88. The Morgan fingerprint density at radius 2 is 1.77 bits per heavy atom. The maximum atomic E-state index is 12.9. The number of aromatic nitrogens is 1. The molecule has 2 aromatic rings. The Morgan fingerprint density at radius 1 is 1.14 bits per heavy atom. The molecule has 0 fully saturated rings. The molecule has 0 aliphatic carbocycles. The molecule has 0 saturated heterocycles. The molecule has 1 heterocycles. The fourth-order valence-corrected chi connectivity index (χ4v) is 2.62. The molecule has 0 N–H and O–H groups in total. The zero-order valence-electron chi connectivity index (χ0n) is 12.9. The second-order valence-electron chi connectivity index (χ2n) is 4.95. The highest BCUT2D eigenvalue weighted by atomic mass is 32.1. The van der Waals surface area contributed by atoms with Crippen LogP contribution in [0.1, 0.15) is 35.8 Å². The second-order valence-corrected chi connectivity index (χ2v) is 5.37. The molecule has 0 unspecified atom stereocenters. The summed E-state index contributed by atoms with van der Waals surface area (Å²) < 4.78 is 1.82. The van der Waals surface area contributed by atoms with Crippen molar-refractivity contribution < 1.29 is 9.36 Å². The number of carbonyl (C=O) groups excluding carboxylic acids is 1. The van der Waals surface area contributed by atoms with Crippen molar-refractivity contribution in [3.63, 3.8) is 0 Å². The average Bonchev–Trinajstić information content (AvgIpc) is 2.56. The maximum absolute atomic E-state index is 12.9. The highest BCUT2D eigenvalue weighted by Gasteiger charge is 2.27. The highest BCUT2D eigenvalue weighted by Crippen LogP contribution is 2.13. The number of hydrogen-bond acceptors (Lipinski definition) is 3. The molecule has 1 aromatic carbocycles. The van der Waals surface area contributed by atoms with Gasteiger partial charge in [-0.25, -0.2) is 0 Å². The quantitative estimate of drug-likeness (QED) is 0.270. The molecule has 3 nitrogen and oxygen atoms in total. The summed E-state index contributed by atoms with van der Waals surface area (Å²) in [5.74, 6) is -0.0268. The van der Waals surface area contributed by atoms with Crippen molar-refractivity contribution in [3.05, 3.63) is 66.0 Å². The number of pyridine rings is 1. The fraction of sp³-hybridized carbons (Fsp3) is 0.278. The molecule has 0 aliphatic heterocycles. The van der Waals surface area contributed by atoms with Gasteiger partial charge in [0.15, 0.2) is 12.4 Å². The molecule has 2 rings (SSSR count). The van der Waals surface area contributed by atoms with Crippen molar-refractivity contribution in [1.82, 2.24) is 0 Å². The molecule has 0 saturated carbocycles. The molecule has 0 spiro atoms. The molecule has 22 heavy (non-hydrogen) atoms. The van der Waals surface area contributed by atoms with E-state index in [4.69, 9.17) is 12.6 Å². The number of rotatable bonds is 6. The van der Waals surface area contributed by atoms with Crippen molar-refractivity contribution in [2.75, 3.05) is 6.54 Å². The number of aliphatic imine (C=N–C) groups is 1. The maximum Gasteiger partial charge on any atom is 0.237 e. The van der Waals surface area contributed by atoms with Crippen molar-refractivity contribution in [2.24, 2.45) is 4.99 Å². The predicted molar refractivity (Wildman–Crippen MR) is 91.2 cm³/mol. The first kappa shape index (κ1) is 16.3. The summed E-state index contributed by atoms with van der Waals surface area (Å²) in [4.78, 5) is 17.2. The van der Waals surface area contributed by atoms with E-state index in [2.05, 4.69) is 11.9 Å². The summed E-state index contributed by atoms with van der Waals surface area (Å²) in [6.45, 7) is 4.58. The standard InChI is InChI=1S/C18H20N2OS/c1-3-14-8-10-15(11-9-14)17(21)16(18(22)19-4-2)20-12-6-5-7-13-20/h5-13,16H,3-4H2,1-2H3/t16-/m0/s1. The molecule has 0 amide bonds. The van der Waals surface area contributed by atoms with Crippen LogP contribution in [0.2, 0.25) is 0 Å². The fourth-order valence-electron chi connectivity index (χ4n) is 2.26. The van der Waals surface area contributed by atoms with E-state index in [0.29, 0.717) is 17.2 Å². The van der Waals surface area contributed by atoms with E-state index in [1.807, 2.05) is 66.3 Å². The third kappa shape index (κ3) is 3.77. The van der Waals surface area contributed by atoms with E-state index < -0.39 is 6.04 Å². The molecule has 0 radical (unpaired) electrons. The molecule has 1 aromatic heterocycles. The summed E-state index contributed by atoms with van der Waals surface area (Å²) in [6, 6.07) is 12.8. The van der Waals surface area contributed by atoms with E-state index in [1.54, 1.807) is 0 Å². The summed E-state index contributed by atoms with van der Waals surface area (Å²) in [6.07, 6.45) is 4.65. The van der Waals surface area contributed by atoms with Crippen LogP contribution in [-0.2, 0) is 19.0 Å². The van der Waals surface area contributed by atoms with Crippen LogP contribution in [0.4, 0.5) is 0 Å². The predicted octanol–water partition coefficient (Wildman–Crippen LogP) is 2.93. The Hall–Kier alpha value is -2.07. The lowest BCUT2D eigenvalue weighted by Gasteiger charge is -2.18. The molecule has 4 heteroatoms. The zero-order valence-corrected chi connectivity index (χ0v) is 13.7. The SMILES string of the molecule is CCN=C([S-])[C@H](C(=O)c1ccc(CC)cc1)[n+]1ccccc1. The summed E-state index contributed by atoms with van der Waals surface area (Å²) in [5.41, 5.74) is 1.87. The normalized spacial score (nSPS) is 12.9. The minimum absolute atomic E-state index is 0.0268. The first-order chi connectivity index (χ1) is 10.7. The molecular formula is C18H20N2OS. The largest absolute Gasteiger partial charge is 0.758 e. The Bertz CT molecular complexity index is 651. The van der Waals surface area contributed by atoms with Crippen LogP contribution in [0.3, 0.4) is 0 Å². The van der Waals surface area contributed by atoms with E-state index in [-0.39, 0.29) is 5.78 Å². The van der Waals surface area contributed by atoms with Crippen LogP contribution >= 0.6 is 0 Å². The van der Waals surface area contributed by atoms with E-state index in [1.165, 1.54) is 5.56 Å². The monoisotopic (exact) mass is 312 g/mol. The van der Waals surface area contributed by atoms with E-state index in [0.717, 1.165) is 6.42 Å². The number of hydrogen-bond donors (Lipinski definition) is 0. The van der Waals surface area contributed by atoms with Gasteiger partial charge in [-0.2, -0.15) is 4.57 Å². The molecule has 0 aliphatic rings. The van der Waals surface area contributed by atoms with Crippen molar-refractivity contribution >= 4 is 23.5 Å². The number of aryl methyl sites for hydroxylation is 1. The van der Waals surface area contributed by atoms with Crippen molar-refractivity contribution in [2.45, 2.75) is 26.3 Å². The van der Waals surface area contributed by atoms with Crippen LogP contribution in [0.25, 0.3) is 0 Å². The first-order valence-electron chi connectivity index (χ1n) is 7.47. The smallest absolute Gasteiger partial charge is 0.237 e. The van der Waals surface area contributed by atoms with Gasteiger partial charge in [-0.15, -0.1) is 0 Å². The minimum atomic E-state index is -0.566. The average molecular weight is 312 g/mol. The van der Waals surface area contributed by atoms with Crippen molar-refractivity contribution in [3.8, 4) is 0 Å². The van der Waals surface area contributed by atoms with E-state index in [9.17, 15) is 4.79 Å². The summed E-state index contributed by atoms with van der Waals surface area (Å²) in [5, 5.41) is 0.420. The van der Waals surface area contributed by atoms with E-state index >= 15 is 0 Å². The topological polar surface area (TPSA) is 33.3 Å². The minimum Gasteiger partial charge on any atom is -0.758 e. The highest BCUT2D eigenvalue weighted by molar-refractivity contribution is 7.77. The van der Waals surface area contributed by atoms with Gasteiger partial charge >= 0.3 is 0 Å². The van der Waals surface area contributed by atoms with Gasteiger partial charge in [-0.3, -0.25) is 4.79 Å². The van der Waals surface area contributed by atoms with Crippen molar-refractivity contribution in [1.29, 1.82) is 0 Å². The number of ketones is 1. The van der Waals surface area contributed by atoms with Gasteiger partial charge in [0.05, 0.1) is 0 Å². The number of Topliss-reactive ketones (excluding diaryl/α,β-unsaturated/α-hetero) is 1. The number of nitrogens with zero attached hydrogens (tertiary/aromatic N) is 2. The number of benzene rings is 1. The molecular weight excluding hydrogens is 292 g/mol.